The number of rotatable bonds is 3. The number of nitrogens with zero attached hydrogens (tertiary/aromatic N) is 3. The molecule has 0 bridgehead atoms. The summed E-state index contributed by atoms with van der Waals surface area (Å²) in [6.07, 6.45) is 10.3. The summed E-state index contributed by atoms with van der Waals surface area (Å²) < 4.78 is 1.93. The van der Waals surface area contributed by atoms with Gasteiger partial charge in [-0.05, 0) is 38.3 Å². The third-order valence-corrected chi connectivity index (χ3v) is 4.96. The number of amides is 1. The van der Waals surface area contributed by atoms with Crippen molar-refractivity contribution in [1.82, 2.24) is 20.0 Å². The van der Waals surface area contributed by atoms with E-state index in [2.05, 4.69) is 16.5 Å². The largest absolute Gasteiger partial charge is 0.341 e. The zero-order chi connectivity index (χ0) is 15.2. The van der Waals surface area contributed by atoms with Crippen LogP contribution in [0.25, 0.3) is 0 Å². The molecule has 1 atom stereocenters. The van der Waals surface area contributed by atoms with E-state index in [1.165, 1.54) is 37.8 Å². The summed E-state index contributed by atoms with van der Waals surface area (Å²) >= 11 is 0. The minimum atomic E-state index is 0. The van der Waals surface area contributed by atoms with Gasteiger partial charge in [0.25, 0.3) is 0 Å². The maximum absolute atomic E-state index is 12.6. The molecule has 2 aliphatic rings. The van der Waals surface area contributed by atoms with Crippen molar-refractivity contribution in [3.8, 4) is 0 Å². The van der Waals surface area contributed by atoms with Crippen LogP contribution < -0.4 is 5.32 Å². The van der Waals surface area contributed by atoms with Crippen molar-refractivity contribution in [3.63, 3.8) is 0 Å². The molecule has 1 N–H and O–H groups in total. The number of hydrogen-bond acceptors (Lipinski definition) is 3. The molecule has 1 unspecified atom stereocenters. The summed E-state index contributed by atoms with van der Waals surface area (Å²) in [4.78, 5) is 14.7. The predicted octanol–water partition coefficient (Wildman–Crippen LogP) is 2.56. The van der Waals surface area contributed by atoms with Gasteiger partial charge in [0.1, 0.15) is 6.54 Å². The summed E-state index contributed by atoms with van der Waals surface area (Å²) in [5.41, 5.74) is 1.22. The van der Waals surface area contributed by atoms with Gasteiger partial charge in [0.2, 0.25) is 5.91 Å². The molecular formula is C17H29ClN4O. The fourth-order valence-electron chi connectivity index (χ4n) is 3.65. The molecule has 0 aromatic carbocycles. The molecule has 130 valence electrons. The van der Waals surface area contributed by atoms with Gasteiger partial charge >= 0.3 is 0 Å². The van der Waals surface area contributed by atoms with Gasteiger partial charge in [-0.15, -0.1) is 12.4 Å². The molecule has 3 heterocycles. The molecule has 1 amide bonds. The van der Waals surface area contributed by atoms with E-state index >= 15 is 0 Å². The molecule has 0 radical (unpaired) electrons. The van der Waals surface area contributed by atoms with Crippen molar-refractivity contribution >= 4 is 18.3 Å². The second kappa shape index (κ2) is 9.28. The van der Waals surface area contributed by atoms with Crippen LogP contribution in [-0.2, 0) is 11.3 Å². The summed E-state index contributed by atoms with van der Waals surface area (Å²) in [6.45, 7) is 4.35. The first-order chi connectivity index (χ1) is 10.8. The van der Waals surface area contributed by atoms with Crippen LogP contribution in [0, 0.1) is 0 Å². The summed E-state index contributed by atoms with van der Waals surface area (Å²) in [5, 5.41) is 7.86. The lowest BCUT2D eigenvalue weighted by molar-refractivity contribution is -0.132. The van der Waals surface area contributed by atoms with Gasteiger partial charge in [-0.25, -0.2) is 0 Å². The van der Waals surface area contributed by atoms with Crippen LogP contribution in [0.5, 0.6) is 0 Å². The fraction of sp³-hybridized carbons (Fsp3) is 0.765. The van der Waals surface area contributed by atoms with Crippen molar-refractivity contribution in [3.05, 3.63) is 18.0 Å². The molecule has 1 aromatic rings. The van der Waals surface area contributed by atoms with Gasteiger partial charge in [0, 0.05) is 37.4 Å². The minimum absolute atomic E-state index is 0. The standard InChI is InChI=1S/C17H28N4O.ClH/c22-17(20-11-4-2-1-3-5-12-20)14-21-16(8-10-19-21)15-7-6-9-18-13-15;/h8,10,15,18H,1-7,9,11-14H2;1H. The van der Waals surface area contributed by atoms with E-state index in [0.717, 1.165) is 39.0 Å². The van der Waals surface area contributed by atoms with Crippen LogP contribution in [0.4, 0.5) is 0 Å². The second-order valence-electron chi connectivity index (χ2n) is 6.61. The zero-order valence-electron chi connectivity index (χ0n) is 13.9. The van der Waals surface area contributed by atoms with Crippen molar-refractivity contribution in [2.45, 2.75) is 57.4 Å². The first-order valence-electron chi connectivity index (χ1n) is 8.85. The number of halogens is 1. The number of aromatic nitrogens is 2. The normalized spacial score (nSPS) is 22.8. The van der Waals surface area contributed by atoms with Crippen LogP contribution in [-0.4, -0.2) is 46.8 Å². The summed E-state index contributed by atoms with van der Waals surface area (Å²) in [5.74, 6) is 0.729. The van der Waals surface area contributed by atoms with Crippen LogP contribution in [0.3, 0.4) is 0 Å². The van der Waals surface area contributed by atoms with E-state index in [9.17, 15) is 4.79 Å². The number of carbonyl (C=O) groups excluding carboxylic acids is 1. The average Bonchev–Trinajstić information content (AvgIpc) is 2.95. The highest BCUT2D eigenvalue weighted by Crippen LogP contribution is 2.23. The van der Waals surface area contributed by atoms with Crippen LogP contribution in [0.1, 0.15) is 56.6 Å². The molecule has 0 aliphatic carbocycles. The van der Waals surface area contributed by atoms with Gasteiger partial charge in [0.05, 0.1) is 0 Å². The fourth-order valence-corrected chi connectivity index (χ4v) is 3.65. The van der Waals surface area contributed by atoms with Crippen molar-refractivity contribution in [2.75, 3.05) is 26.2 Å². The van der Waals surface area contributed by atoms with E-state index in [4.69, 9.17) is 0 Å². The Morgan fingerprint density at radius 3 is 2.61 bits per heavy atom. The molecule has 6 heteroatoms. The lowest BCUT2D eigenvalue weighted by atomic mass is 9.96. The first kappa shape index (κ1) is 18.3. The highest BCUT2D eigenvalue weighted by Gasteiger charge is 2.21. The Labute approximate surface area is 145 Å². The molecule has 2 aliphatic heterocycles. The SMILES string of the molecule is Cl.O=C(Cn1nccc1C1CCCNC1)N1CCCCCCC1. The lowest BCUT2D eigenvalue weighted by Gasteiger charge is -2.26. The maximum Gasteiger partial charge on any atom is 0.244 e. The zero-order valence-corrected chi connectivity index (χ0v) is 14.7. The Hall–Kier alpha value is -1.07. The maximum atomic E-state index is 12.6. The first-order valence-corrected chi connectivity index (χ1v) is 8.85. The van der Waals surface area contributed by atoms with Crippen LogP contribution >= 0.6 is 12.4 Å². The summed E-state index contributed by atoms with van der Waals surface area (Å²) in [7, 11) is 0. The van der Waals surface area contributed by atoms with E-state index < -0.39 is 0 Å². The molecule has 0 saturated carbocycles. The van der Waals surface area contributed by atoms with Crippen LogP contribution in [0.15, 0.2) is 12.3 Å². The molecule has 0 spiro atoms. The van der Waals surface area contributed by atoms with Crippen molar-refractivity contribution in [1.29, 1.82) is 0 Å². The number of likely N-dealkylation sites (tertiary alicyclic amines) is 1. The Morgan fingerprint density at radius 1 is 1.17 bits per heavy atom. The molecule has 3 rings (SSSR count). The topological polar surface area (TPSA) is 50.2 Å². The summed E-state index contributed by atoms with van der Waals surface area (Å²) in [6, 6.07) is 2.08. The third kappa shape index (κ3) is 4.95. The average molecular weight is 341 g/mol. The molecular weight excluding hydrogens is 312 g/mol. The van der Waals surface area contributed by atoms with Gasteiger partial charge in [-0.2, -0.15) is 5.10 Å². The second-order valence-corrected chi connectivity index (χ2v) is 6.61. The number of piperidine rings is 1. The highest BCUT2D eigenvalue weighted by molar-refractivity contribution is 5.85. The number of carbonyl (C=O) groups is 1. The van der Waals surface area contributed by atoms with Crippen molar-refractivity contribution < 1.29 is 4.79 Å². The van der Waals surface area contributed by atoms with Gasteiger partial charge < -0.3 is 10.2 Å². The molecule has 1 aromatic heterocycles. The van der Waals surface area contributed by atoms with Gasteiger partial charge in [-0.1, -0.05) is 19.3 Å². The monoisotopic (exact) mass is 340 g/mol. The Kier molecular flexibility index (Phi) is 7.37. The Bertz CT molecular complexity index is 477. The smallest absolute Gasteiger partial charge is 0.244 e. The van der Waals surface area contributed by atoms with E-state index in [1.54, 1.807) is 0 Å². The molecule has 23 heavy (non-hydrogen) atoms. The van der Waals surface area contributed by atoms with Gasteiger partial charge in [-0.3, -0.25) is 9.48 Å². The predicted molar refractivity (Wildman–Crippen MR) is 94.0 cm³/mol. The molecule has 2 fully saturated rings. The minimum Gasteiger partial charge on any atom is -0.341 e. The number of nitrogens with one attached hydrogen (secondary N) is 1. The van der Waals surface area contributed by atoms with Crippen molar-refractivity contribution in [2.24, 2.45) is 0 Å². The molecule has 2 saturated heterocycles. The number of hydrogen-bond donors (Lipinski definition) is 1. The van der Waals surface area contributed by atoms with Gasteiger partial charge in [0.15, 0.2) is 0 Å². The van der Waals surface area contributed by atoms with E-state index in [0.29, 0.717) is 12.5 Å². The quantitative estimate of drug-likeness (QED) is 0.920. The Morgan fingerprint density at radius 2 is 1.91 bits per heavy atom. The molecule has 5 nitrogen and oxygen atoms in total. The van der Waals surface area contributed by atoms with E-state index in [-0.39, 0.29) is 18.3 Å². The van der Waals surface area contributed by atoms with Crippen LogP contribution in [0.2, 0.25) is 0 Å². The van der Waals surface area contributed by atoms with E-state index in [1.807, 2.05) is 15.8 Å². The Balaban J connectivity index is 0.00000192. The highest BCUT2D eigenvalue weighted by atomic mass is 35.5. The third-order valence-electron chi connectivity index (χ3n) is 4.96. The lowest BCUT2D eigenvalue weighted by Crippen LogP contribution is -2.37.